The Balaban J connectivity index is 1.53. The quantitative estimate of drug-likeness (QED) is 0.768. The Morgan fingerprint density at radius 1 is 1.26 bits per heavy atom. The molecule has 4 rings (SSSR count). The molecule has 1 aromatic rings. The van der Waals surface area contributed by atoms with Crippen molar-refractivity contribution in [3.8, 4) is 0 Å². The molecular formula is C16H24N4O3. The number of ether oxygens (including phenoxy) is 2. The van der Waals surface area contributed by atoms with E-state index in [0.29, 0.717) is 38.6 Å². The van der Waals surface area contributed by atoms with Gasteiger partial charge in [0.1, 0.15) is 5.60 Å². The Kier molecular flexibility index (Phi) is 4.09. The van der Waals surface area contributed by atoms with E-state index < -0.39 is 5.60 Å². The Bertz CT molecular complexity index is 578. The van der Waals surface area contributed by atoms with Crippen molar-refractivity contribution in [2.45, 2.75) is 31.3 Å². The third-order valence-electron chi connectivity index (χ3n) is 5.03. The van der Waals surface area contributed by atoms with Crippen LogP contribution < -0.4 is 5.32 Å². The van der Waals surface area contributed by atoms with E-state index in [0.717, 1.165) is 43.6 Å². The normalized spacial score (nSPS) is 28.4. The van der Waals surface area contributed by atoms with Crippen LogP contribution >= 0.6 is 0 Å². The van der Waals surface area contributed by atoms with Gasteiger partial charge in [-0.3, -0.25) is 9.89 Å². The summed E-state index contributed by atoms with van der Waals surface area (Å²) < 4.78 is 11.6. The maximum atomic E-state index is 13.0. The van der Waals surface area contributed by atoms with Crippen LogP contribution in [0, 0.1) is 0 Å². The number of morpholine rings is 1. The molecule has 1 spiro atoms. The lowest BCUT2D eigenvalue weighted by Gasteiger charge is -2.41. The first kappa shape index (κ1) is 15.1. The largest absolute Gasteiger partial charge is 0.377 e. The van der Waals surface area contributed by atoms with Gasteiger partial charge in [-0.05, 0) is 25.7 Å². The van der Waals surface area contributed by atoms with Crippen molar-refractivity contribution in [3.63, 3.8) is 0 Å². The zero-order valence-electron chi connectivity index (χ0n) is 13.4. The molecule has 1 aromatic heterocycles. The Morgan fingerprint density at radius 2 is 2.17 bits per heavy atom. The smallest absolute Gasteiger partial charge is 0.274 e. The first-order valence-corrected chi connectivity index (χ1v) is 8.55. The van der Waals surface area contributed by atoms with Crippen molar-refractivity contribution in [2.75, 3.05) is 46.0 Å². The lowest BCUT2D eigenvalue weighted by Crippen LogP contribution is -2.59. The summed E-state index contributed by atoms with van der Waals surface area (Å²) in [4.78, 5) is 14.9. The summed E-state index contributed by atoms with van der Waals surface area (Å²) in [6, 6.07) is 0. The number of nitrogens with zero attached hydrogens (tertiary/aromatic N) is 2. The van der Waals surface area contributed by atoms with Gasteiger partial charge >= 0.3 is 0 Å². The van der Waals surface area contributed by atoms with Gasteiger partial charge in [0, 0.05) is 30.9 Å². The van der Waals surface area contributed by atoms with Gasteiger partial charge in [-0.25, -0.2) is 0 Å². The summed E-state index contributed by atoms with van der Waals surface area (Å²) in [5.41, 5.74) is 2.44. The SMILES string of the molecule is O=C(c1n[nH]c2c1CCCC2)N1CCO[C@@]2(CNCCOC2)C1. The van der Waals surface area contributed by atoms with Gasteiger partial charge in [-0.2, -0.15) is 5.10 Å². The molecule has 0 bridgehead atoms. The molecule has 0 unspecified atom stereocenters. The van der Waals surface area contributed by atoms with Crippen molar-refractivity contribution in [1.29, 1.82) is 0 Å². The fourth-order valence-corrected chi connectivity index (χ4v) is 3.79. The molecule has 3 heterocycles. The van der Waals surface area contributed by atoms with Crippen LogP contribution in [-0.4, -0.2) is 72.6 Å². The topological polar surface area (TPSA) is 79.5 Å². The van der Waals surface area contributed by atoms with Gasteiger partial charge in [0.15, 0.2) is 5.69 Å². The highest BCUT2D eigenvalue weighted by Crippen LogP contribution is 2.25. The number of H-pyrrole nitrogens is 1. The fourth-order valence-electron chi connectivity index (χ4n) is 3.79. The minimum absolute atomic E-state index is 0.0244. The standard InChI is InChI=1S/C16H24N4O3/c21-15(14-12-3-1-2-4-13(12)18-19-14)20-6-8-23-16(10-20)9-17-5-7-22-11-16/h17H,1-11H2,(H,18,19)/t16-/m0/s1. The molecule has 3 aliphatic rings. The maximum Gasteiger partial charge on any atom is 0.274 e. The first-order chi connectivity index (χ1) is 11.3. The van der Waals surface area contributed by atoms with Crippen molar-refractivity contribution in [3.05, 3.63) is 17.0 Å². The second-order valence-corrected chi connectivity index (χ2v) is 6.72. The molecule has 2 fully saturated rings. The van der Waals surface area contributed by atoms with Gasteiger partial charge < -0.3 is 19.7 Å². The summed E-state index contributed by atoms with van der Waals surface area (Å²) in [5.74, 6) is 0.0244. The van der Waals surface area contributed by atoms with Gasteiger partial charge in [0.25, 0.3) is 5.91 Å². The molecule has 1 aliphatic carbocycles. The Hall–Kier alpha value is -1.44. The zero-order valence-corrected chi connectivity index (χ0v) is 13.4. The molecule has 2 saturated heterocycles. The number of hydrogen-bond acceptors (Lipinski definition) is 5. The van der Waals surface area contributed by atoms with Gasteiger partial charge in [0.2, 0.25) is 0 Å². The molecule has 0 radical (unpaired) electrons. The summed E-state index contributed by atoms with van der Waals surface area (Å²) >= 11 is 0. The predicted molar refractivity (Wildman–Crippen MR) is 83.5 cm³/mol. The van der Waals surface area contributed by atoms with Gasteiger partial charge in [0.05, 0.1) is 26.4 Å². The Morgan fingerprint density at radius 3 is 3.13 bits per heavy atom. The van der Waals surface area contributed by atoms with Gasteiger partial charge in [-0.15, -0.1) is 0 Å². The minimum atomic E-state index is -0.430. The number of aromatic nitrogens is 2. The predicted octanol–water partition coefficient (Wildman–Crippen LogP) is 0.120. The van der Waals surface area contributed by atoms with Crippen LogP contribution in [0.25, 0.3) is 0 Å². The highest BCUT2D eigenvalue weighted by atomic mass is 16.5. The minimum Gasteiger partial charge on any atom is -0.377 e. The second kappa shape index (κ2) is 6.22. The molecule has 126 valence electrons. The number of rotatable bonds is 1. The van der Waals surface area contributed by atoms with E-state index in [-0.39, 0.29) is 5.91 Å². The van der Waals surface area contributed by atoms with E-state index in [1.165, 1.54) is 6.42 Å². The van der Waals surface area contributed by atoms with Crippen molar-refractivity contribution in [1.82, 2.24) is 20.4 Å². The Labute approximate surface area is 135 Å². The van der Waals surface area contributed by atoms with Crippen LogP contribution in [0.5, 0.6) is 0 Å². The number of amides is 1. The number of carbonyl (C=O) groups excluding carboxylic acids is 1. The third kappa shape index (κ3) is 2.88. The van der Waals surface area contributed by atoms with Crippen LogP contribution in [0.1, 0.15) is 34.6 Å². The number of hydrogen-bond donors (Lipinski definition) is 2. The molecule has 1 amide bonds. The number of nitrogens with one attached hydrogen (secondary N) is 2. The van der Waals surface area contributed by atoms with E-state index in [1.807, 2.05) is 4.90 Å². The number of aryl methyl sites for hydroxylation is 1. The molecule has 1 atom stereocenters. The van der Waals surface area contributed by atoms with E-state index in [2.05, 4.69) is 15.5 Å². The summed E-state index contributed by atoms with van der Waals surface area (Å²) in [7, 11) is 0. The van der Waals surface area contributed by atoms with E-state index in [9.17, 15) is 4.79 Å². The number of fused-ring (bicyclic) bond motifs is 1. The monoisotopic (exact) mass is 320 g/mol. The highest BCUT2D eigenvalue weighted by Gasteiger charge is 2.40. The molecule has 0 saturated carbocycles. The van der Waals surface area contributed by atoms with Crippen LogP contribution in [0.2, 0.25) is 0 Å². The van der Waals surface area contributed by atoms with Crippen LogP contribution in [0.4, 0.5) is 0 Å². The first-order valence-electron chi connectivity index (χ1n) is 8.55. The molecule has 7 heteroatoms. The van der Waals surface area contributed by atoms with Crippen LogP contribution in [0.15, 0.2) is 0 Å². The maximum absolute atomic E-state index is 13.0. The van der Waals surface area contributed by atoms with Crippen LogP contribution in [0.3, 0.4) is 0 Å². The zero-order chi connectivity index (χ0) is 15.7. The van der Waals surface area contributed by atoms with Crippen molar-refractivity contribution in [2.24, 2.45) is 0 Å². The lowest BCUT2D eigenvalue weighted by atomic mass is 9.95. The molecule has 0 aromatic carbocycles. The van der Waals surface area contributed by atoms with E-state index in [1.54, 1.807) is 0 Å². The highest BCUT2D eigenvalue weighted by molar-refractivity contribution is 5.94. The van der Waals surface area contributed by atoms with E-state index >= 15 is 0 Å². The number of carbonyl (C=O) groups is 1. The lowest BCUT2D eigenvalue weighted by molar-refractivity contribution is -0.125. The molecule has 23 heavy (non-hydrogen) atoms. The van der Waals surface area contributed by atoms with E-state index in [4.69, 9.17) is 9.47 Å². The fraction of sp³-hybridized carbons (Fsp3) is 0.750. The summed E-state index contributed by atoms with van der Waals surface area (Å²) in [6.07, 6.45) is 4.26. The summed E-state index contributed by atoms with van der Waals surface area (Å²) in [6.45, 7) is 4.47. The molecule has 7 nitrogen and oxygen atoms in total. The molecular weight excluding hydrogens is 296 g/mol. The van der Waals surface area contributed by atoms with Crippen molar-refractivity contribution >= 4 is 5.91 Å². The molecule has 2 N–H and O–H groups in total. The van der Waals surface area contributed by atoms with Crippen LogP contribution in [-0.2, 0) is 22.3 Å². The third-order valence-corrected chi connectivity index (χ3v) is 5.03. The molecule has 2 aliphatic heterocycles. The average molecular weight is 320 g/mol. The second-order valence-electron chi connectivity index (χ2n) is 6.72. The number of aromatic amines is 1. The van der Waals surface area contributed by atoms with Crippen molar-refractivity contribution < 1.29 is 14.3 Å². The summed E-state index contributed by atoms with van der Waals surface area (Å²) in [5, 5.41) is 10.7. The average Bonchev–Trinajstić information content (AvgIpc) is 2.89. The van der Waals surface area contributed by atoms with Gasteiger partial charge in [-0.1, -0.05) is 0 Å².